The van der Waals surface area contributed by atoms with Crippen LogP contribution in [0.15, 0.2) is 117 Å². The van der Waals surface area contributed by atoms with Crippen LogP contribution >= 0.6 is 0 Å². The summed E-state index contributed by atoms with van der Waals surface area (Å²) in [5.41, 5.74) is 6.01. The van der Waals surface area contributed by atoms with E-state index in [9.17, 15) is 0 Å². The molecule has 0 bridgehead atoms. The second-order valence-electron chi connectivity index (χ2n) is 11.0. The number of fused-ring (bicyclic) bond motifs is 12. The van der Waals surface area contributed by atoms with E-state index in [1.165, 1.54) is 0 Å². The van der Waals surface area contributed by atoms with Crippen molar-refractivity contribution in [3.05, 3.63) is 130 Å². The van der Waals surface area contributed by atoms with E-state index in [1.54, 1.807) is 0 Å². The SMILES string of the molecule is c1ccc2c(c1)C1=Nc3c4ccccc4c4n3[N+]35n6c(c7ccccc7c6=NC6=[N+]3C(=N4)c3ccccc36)=NC2=[N+]15. The van der Waals surface area contributed by atoms with E-state index in [-0.39, 0.29) is 4.92 Å². The van der Waals surface area contributed by atoms with E-state index >= 15 is 0 Å². The number of hydrogen-bond donors (Lipinski definition) is 0. The summed E-state index contributed by atoms with van der Waals surface area (Å²) in [7, 11) is 0. The average molecular weight is 527 g/mol. The summed E-state index contributed by atoms with van der Waals surface area (Å²) in [6, 6.07) is 33.9. The van der Waals surface area contributed by atoms with E-state index in [1.807, 2.05) is 0 Å². The van der Waals surface area contributed by atoms with E-state index < -0.39 is 0 Å². The highest BCUT2D eigenvalue weighted by molar-refractivity contribution is 6.19. The van der Waals surface area contributed by atoms with Gasteiger partial charge in [0.05, 0.1) is 43.8 Å². The normalized spacial score (nSPS) is 18.4. The monoisotopic (exact) mass is 526 g/mol. The zero-order valence-corrected chi connectivity index (χ0v) is 21.3. The molecule has 0 N–H and O–H groups in total. The zero-order valence-electron chi connectivity index (χ0n) is 21.3. The lowest BCUT2D eigenvalue weighted by Gasteiger charge is -2.36. The fourth-order valence-electron chi connectivity index (χ4n) is 7.62. The van der Waals surface area contributed by atoms with Crippen LogP contribution in [0.1, 0.15) is 22.3 Å². The van der Waals surface area contributed by atoms with Crippen molar-refractivity contribution in [2.24, 2.45) is 20.0 Å². The Hall–Kier alpha value is -5.80. The number of amidine groups is 4. The molecule has 186 valence electrons. The second-order valence-corrected chi connectivity index (χ2v) is 11.0. The molecule has 0 radical (unpaired) electrons. The Labute approximate surface area is 230 Å². The molecule has 6 aliphatic rings. The fourth-order valence-corrected chi connectivity index (χ4v) is 7.62. The molecular weight excluding hydrogens is 510 g/mol. The maximum absolute atomic E-state index is 5.40. The molecule has 8 heterocycles. The highest BCUT2D eigenvalue weighted by Gasteiger charge is 2.71. The van der Waals surface area contributed by atoms with Gasteiger partial charge < -0.3 is 0 Å². The Kier molecular flexibility index (Phi) is 2.76. The van der Waals surface area contributed by atoms with Crippen molar-refractivity contribution in [3.8, 4) is 0 Å². The fraction of sp³-hybridized carbons (Fsp3) is 0. The summed E-state index contributed by atoms with van der Waals surface area (Å²) in [6.45, 7) is 0. The Morgan fingerprint density at radius 1 is 0.439 bits per heavy atom. The molecule has 9 heteroatoms. The smallest absolute Gasteiger partial charge is 0.0723 e. The van der Waals surface area contributed by atoms with Gasteiger partial charge in [-0.05, 0) is 57.9 Å². The third-order valence-electron chi connectivity index (χ3n) is 9.16. The maximum atomic E-state index is 5.40. The molecule has 0 saturated heterocycles. The molecular formula is C32H16N9+3. The van der Waals surface area contributed by atoms with Crippen LogP contribution in [0.25, 0.3) is 21.5 Å². The van der Waals surface area contributed by atoms with Crippen molar-refractivity contribution in [2.75, 3.05) is 0 Å². The van der Waals surface area contributed by atoms with Crippen molar-refractivity contribution < 1.29 is 9.37 Å². The van der Waals surface area contributed by atoms with Gasteiger partial charge in [-0.25, -0.2) is 0 Å². The zero-order chi connectivity index (χ0) is 26.2. The van der Waals surface area contributed by atoms with E-state index in [0.29, 0.717) is 0 Å². The van der Waals surface area contributed by atoms with Crippen molar-refractivity contribution in [2.45, 2.75) is 0 Å². The first kappa shape index (κ1) is 19.3. The Bertz CT molecular complexity index is 2470. The topological polar surface area (TPSA) is 65.3 Å². The number of hydrogen-bond acceptors (Lipinski definition) is 4. The van der Waals surface area contributed by atoms with Gasteiger partial charge in [-0.15, -0.1) is 0 Å². The Morgan fingerprint density at radius 3 is 1.34 bits per heavy atom. The van der Waals surface area contributed by atoms with E-state index in [2.05, 4.69) is 116 Å². The van der Waals surface area contributed by atoms with Crippen molar-refractivity contribution in [3.63, 3.8) is 0 Å². The first-order valence-electron chi connectivity index (χ1n) is 13.7. The predicted molar refractivity (Wildman–Crippen MR) is 153 cm³/mol. The summed E-state index contributed by atoms with van der Waals surface area (Å²) < 4.78 is 9.07. The highest BCUT2D eigenvalue weighted by atomic mass is 16.2. The lowest BCUT2D eigenvalue weighted by atomic mass is 10.1. The van der Waals surface area contributed by atoms with Gasteiger partial charge in [0.25, 0.3) is 22.6 Å². The first-order valence-corrected chi connectivity index (χ1v) is 13.7. The molecule has 12 rings (SSSR count). The van der Waals surface area contributed by atoms with Gasteiger partial charge in [-0.1, -0.05) is 68.5 Å². The van der Waals surface area contributed by atoms with Crippen LogP contribution in [-0.2, 0) is 0 Å². The largest absolute Gasteiger partial charge is 0.334 e. The minimum absolute atomic E-state index is 0.122. The maximum Gasteiger partial charge on any atom is 0.334 e. The summed E-state index contributed by atoms with van der Waals surface area (Å²) >= 11 is 0. The molecule has 0 amide bonds. The van der Waals surface area contributed by atoms with Crippen LogP contribution in [0.4, 0.5) is 11.6 Å². The first-order chi connectivity index (χ1) is 20.4. The molecule has 1 spiro atoms. The van der Waals surface area contributed by atoms with Gasteiger partial charge in [0.1, 0.15) is 0 Å². The lowest BCUT2D eigenvalue weighted by molar-refractivity contribution is -0.889. The molecule has 9 nitrogen and oxygen atoms in total. The Morgan fingerprint density at radius 2 is 0.854 bits per heavy atom. The molecule has 0 unspecified atom stereocenters. The predicted octanol–water partition coefficient (Wildman–Crippen LogP) is 3.32. The molecule has 4 aromatic carbocycles. The Balaban J connectivity index is 1.45. The highest BCUT2D eigenvalue weighted by Crippen LogP contribution is 2.48. The number of quaternary nitrogens is 1. The summed E-state index contributed by atoms with van der Waals surface area (Å²) in [4.78, 5) is 21.7. The average Bonchev–Trinajstić information content (AvgIpc) is 3.74. The minimum Gasteiger partial charge on any atom is -0.0723 e. The van der Waals surface area contributed by atoms with Crippen LogP contribution in [0.5, 0.6) is 0 Å². The van der Waals surface area contributed by atoms with Gasteiger partial charge in [-0.3, -0.25) is 0 Å². The standard InChI is InChI=1S/C32H16N9/c1-2-10-18-17(9-1)25-33-27-19-11-3-4-12-20(19)29-35-31-23-15-7-8-16-24(23)32-36-30-22-14-6-5-13-21(22)28-34-26(18)37(25)41(38(27)29,39(28)30)40(31)32/h1-16H/q+3. The van der Waals surface area contributed by atoms with Crippen LogP contribution in [0.2, 0.25) is 0 Å². The third kappa shape index (κ3) is 1.75. The van der Waals surface area contributed by atoms with Gasteiger partial charge >= 0.3 is 23.3 Å². The molecule has 41 heavy (non-hydrogen) atoms. The van der Waals surface area contributed by atoms with Crippen molar-refractivity contribution >= 4 is 56.5 Å². The number of benzene rings is 4. The summed E-state index contributed by atoms with van der Waals surface area (Å²) in [6.07, 6.45) is 0. The van der Waals surface area contributed by atoms with E-state index in [4.69, 9.17) is 20.0 Å². The van der Waals surface area contributed by atoms with Gasteiger partial charge in [0.15, 0.2) is 4.92 Å². The minimum atomic E-state index is 0.122. The summed E-state index contributed by atoms with van der Waals surface area (Å²) in [5, 5.41) is 4.27. The van der Waals surface area contributed by atoms with Crippen molar-refractivity contribution in [1.82, 2.24) is 14.3 Å². The van der Waals surface area contributed by atoms with Crippen LogP contribution in [0.3, 0.4) is 0 Å². The van der Waals surface area contributed by atoms with Crippen molar-refractivity contribution in [1.29, 1.82) is 0 Å². The third-order valence-corrected chi connectivity index (χ3v) is 9.16. The van der Waals surface area contributed by atoms with Crippen LogP contribution < -0.4 is 15.9 Å². The number of nitrogens with zero attached hydrogens (tertiary/aromatic N) is 9. The lowest BCUT2D eigenvalue weighted by Crippen LogP contribution is -2.82. The second kappa shape index (κ2) is 5.86. The number of aliphatic imine (C=N–C) groups is 2. The van der Waals surface area contributed by atoms with Gasteiger partial charge in [0.2, 0.25) is 0 Å². The van der Waals surface area contributed by atoms with Crippen LogP contribution in [-0.4, -0.2) is 42.1 Å². The van der Waals surface area contributed by atoms with Gasteiger partial charge in [0, 0.05) is 9.37 Å². The molecule has 0 fully saturated rings. The molecule has 0 saturated carbocycles. The van der Waals surface area contributed by atoms with Crippen LogP contribution in [0, 0.1) is 0 Å². The molecule has 2 aromatic heterocycles. The number of aromatic nitrogens is 2. The van der Waals surface area contributed by atoms with E-state index in [0.717, 1.165) is 89.8 Å². The molecule has 0 aliphatic carbocycles. The van der Waals surface area contributed by atoms with Gasteiger partial charge in [-0.2, -0.15) is 0 Å². The molecule has 0 atom stereocenters. The molecule has 6 aliphatic heterocycles. The number of rotatable bonds is 0. The summed E-state index contributed by atoms with van der Waals surface area (Å²) in [5.74, 6) is 5.22. The molecule has 6 aromatic rings. The quantitative estimate of drug-likeness (QED) is 0.215.